The van der Waals surface area contributed by atoms with Crippen molar-refractivity contribution in [1.82, 2.24) is 4.90 Å². The number of carbonyl (C=O) groups excluding carboxylic acids is 1. The summed E-state index contributed by atoms with van der Waals surface area (Å²) in [7, 11) is 0. The molecule has 0 saturated carbocycles. The van der Waals surface area contributed by atoms with Gasteiger partial charge < -0.3 is 4.90 Å². The first-order valence-electron chi connectivity index (χ1n) is 9.21. The van der Waals surface area contributed by atoms with Crippen molar-refractivity contribution in [3.05, 3.63) is 58.7 Å². The van der Waals surface area contributed by atoms with Gasteiger partial charge in [-0.05, 0) is 67.0 Å². The Morgan fingerprint density at radius 1 is 0.960 bits per heavy atom. The van der Waals surface area contributed by atoms with Crippen LogP contribution in [0.25, 0.3) is 11.1 Å². The van der Waals surface area contributed by atoms with Crippen LogP contribution in [0, 0.1) is 13.8 Å². The van der Waals surface area contributed by atoms with Crippen molar-refractivity contribution in [1.29, 1.82) is 0 Å². The van der Waals surface area contributed by atoms with Crippen LogP contribution >= 0.6 is 0 Å². The third kappa shape index (κ3) is 3.95. The van der Waals surface area contributed by atoms with Crippen molar-refractivity contribution in [2.75, 3.05) is 13.1 Å². The average molecular weight is 338 g/mol. The Kier molecular flexibility index (Phi) is 5.72. The van der Waals surface area contributed by atoms with Gasteiger partial charge in [0.15, 0.2) is 0 Å². The molecule has 1 amide bonds. The fraction of sp³-hybridized carbons (Fsp3) is 0.435. The monoisotopic (exact) mass is 337 g/mol. The summed E-state index contributed by atoms with van der Waals surface area (Å²) in [4.78, 5) is 15.1. The second kappa shape index (κ2) is 7.43. The molecule has 25 heavy (non-hydrogen) atoms. The van der Waals surface area contributed by atoms with Gasteiger partial charge in [-0.1, -0.05) is 51.1 Å². The van der Waals surface area contributed by atoms with Gasteiger partial charge in [0.1, 0.15) is 0 Å². The summed E-state index contributed by atoms with van der Waals surface area (Å²) in [5.41, 5.74) is 6.68. The first-order chi connectivity index (χ1) is 11.7. The lowest BCUT2D eigenvalue weighted by Crippen LogP contribution is -2.31. The zero-order valence-electron chi connectivity index (χ0n) is 16.7. The van der Waals surface area contributed by atoms with E-state index in [4.69, 9.17) is 0 Å². The molecule has 0 radical (unpaired) electrons. The van der Waals surface area contributed by atoms with E-state index in [1.165, 1.54) is 16.7 Å². The van der Waals surface area contributed by atoms with E-state index in [0.717, 1.165) is 29.8 Å². The first-order valence-corrected chi connectivity index (χ1v) is 9.21. The molecule has 2 aromatic rings. The second-order valence-corrected chi connectivity index (χ2v) is 7.74. The van der Waals surface area contributed by atoms with E-state index in [-0.39, 0.29) is 11.3 Å². The molecule has 0 spiro atoms. The van der Waals surface area contributed by atoms with E-state index >= 15 is 0 Å². The maximum Gasteiger partial charge on any atom is 0.254 e. The van der Waals surface area contributed by atoms with E-state index in [0.29, 0.717) is 0 Å². The number of aryl methyl sites for hydroxylation is 1. The summed E-state index contributed by atoms with van der Waals surface area (Å²) in [6, 6.07) is 12.7. The lowest BCUT2D eigenvalue weighted by molar-refractivity contribution is 0.0773. The van der Waals surface area contributed by atoms with Crippen molar-refractivity contribution in [2.45, 2.75) is 53.9 Å². The molecule has 2 nitrogen and oxygen atoms in total. The molecule has 0 saturated heterocycles. The Balaban J connectivity index is 2.71. The molecule has 0 atom stereocenters. The fourth-order valence-electron chi connectivity index (χ4n) is 3.15. The van der Waals surface area contributed by atoms with E-state index in [2.05, 4.69) is 71.0 Å². The fourth-order valence-corrected chi connectivity index (χ4v) is 3.15. The third-order valence-corrected chi connectivity index (χ3v) is 5.06. The summed E-state index contributed by atoms with van der Waals surface area (Å²) in [5.74, 6) is 0.118. The molecule has 2 heteroatoms. The summed E-state index contributed by atoms with van der Waals surface area (Å²) >= 11 is 0. The molecular formula is C23H31NO. The molecule has 0 bridgehead atoms. The molecule has 0 heterocycles. The van der Waals surface area contributed by atoms with Crippen LogP contribution in [0.4, 0.5) is 0 Å². The van der Waals surface area contributed by atoms with Gasteiger partial charge in [-0.15, -0.1) is 0 Å². The van der Waals surface area contributed by atoms with Crippen LogP contribution in [0.2, 0.25) is 0 Å². The van der Waals surface area contributed by atoms with Crippen molar-refractivity contribution >= 4 is 5.91 Å². The van der Waals surface area contributed by atoms with Crippen molar-refractivity contribution in [2.24, 2.45) is 0 Å². The van der Waals surface area contributed by atoms with Gasteiger partial charge in [-0.3, -0.25) is 4.79 Å². The number of hydrogen-bond acceptors (Lipinski definition) is 1. The van der Waals surface area contributed by atoms with Gasteiger partial charge in [-0.25, -0.2) is 0 Å². The van der Waals surface area contributed by atoms with Gasteiger partial charge in [-0.2, -0.15) is 0 Å². The number of hydrogen-bond donors (Lipinski definition) is 0. The molecule has 0 N–H and O–H groups in total. The zero-order chi connectivity index (χ0) is 18.8. The Labute approximate surface area is 152 Å². The van der Waals surface area contributed by atoms with Crippen LogP contribution in [0.3, 0.4) is 0 Å². The maximum absolute atomic E-state index is 13.2. The highest BCUT2D eigenvalue weighted by Crippen LogP contribution is 2.33. The van der Waals surface area contributed by atoms with Crippen LogP contribution in [-0.4, -0.2) is 23.9 Å². The van der Waals surface area contributed by atoms with E-state index in [1.54, 1.807) is 0 Å². The molecule has 0 unspecified atom stereocenters. The highest BCUT2D eigenvalue weighted by Gasteiger charge is 2.22. The SMILES string of the molecule is CCN(CC)C(=O)c1cc(C(C)(C)C)ccc1-c1cccc(C)c1C. The van der Waals surface area contributed by atoms with Crippen LogP contribution in [0.1, 0.15) is 61.7 Å². The minimum absolute atomic E-state index is 0.0124. The van der Waals surface area contributed by atoms with Gasteiger partial charge >= 0.3 is 0 Å². The predicted octanol–water partition coefficient (Wildman–Crippen LogP) is 5.75. The number of benzene rings is 2. The number of amides is 1. The van der Waals surface area contributed by atoms with E-state index in [9.17, 15) is 4.79 Å². The highest BCUT2D eigenvalue weighted by molar-refractivity contribution is 6.01. The highest BCUT2D eigenvalue weighted by atomic mass is 16.2. The summed E-state index contributed by atoms with van der Waals surface area (Å²) in [5, 5.41) is 0. The second-order valence-electron chi connectivity index (χ2n) is 7.74. The van der Waals surface area contributed by atoms with Crippen molar-refractivity contribution in [3.8, 4) is 11.1 Å². The number of nitrogens with zero attached hydrogens (tertiary/aromatic N) is 1. The van der Waals surface area contributed by atoms with Gasteiger partial charge in [0.05, 0.1) is 0 Å². The summed E-state index contributed by atoms with van der Waals surface area (Å²) < 4.78 is 0. The quantitative estimate of drug-likeness (QED) is 0.695. The molecule has 0 aliphatic rings. The van der Waals surface area contributed by atoms with Crippen LogP contribution in [-0.2, 0) is 5.41 Å². The molecular weight excluding hydrogens is 306 g/mol. The van der Waals surface area contributed by atoms with Crippen LogP contribution in [0.5, 0.6) is 0 Å². The molecule has 0 aliphatic heterocycles. The van der Waals surface area contributed by atoms with Crippen molar-refractivity contribution < 1.29 is 4.79 Å². The largest absolute Gasteiger partial charge is 0.339 e. The van der Waals surface area contributed by atoms with Crippen molar-refractivity contribution in [3.63, 3.8) is 0 Å². The standard InChI is InChI=1S/C23H31NO/c1-8-24(9-2)22(25)21-15-18(23(5,6)7)13-14-20(21)19-12-10-11-16(3)17(19)4/h10-15H,8-9H2,1-7H3. The Morgan fingerprint density at radius 3 is 2.16 bits per heavy atom. The minimum Gasteiger partial charge on any atom is -0.339 e. The molecule has 134 valence electrons. The van der Waals surface area contributed by atoms with E-state index in [1.807, 2.05) is 18.7 Å². The van der Waals surface area contributed by atoms with Gasteiger partial charge in [0.25, 0.3) is 5.91 Å². The van der Waals surface area contributed by atoms with Gasteiger partial charge in [0.2, 0.25) is 0 Å². The molecule has 2 rings (SSSR count). The topological polar surface area (TPSA) is 20.3 Å². The smallest absolute Gasteiger partial charge is 0.254 e. The molecule has 2 aromatic carbocycles. The molecule has 0 aromatic heterocycles. The Morgan fingerprint density at radius 2 is 1.60 bits per heavy atom. The summed E-state index contributed by atoms with van der Waals surface area (Å²) in [6.07, 6.45) is 0. The zero-order valence-corrected chi connectivity index (χ0v) is 16.7. The normalized spacial score (nSPS) is 11.5. The van der Waals surface area contributed by atoms with E-state index < -0.39 is 0 Å². The summed E-state index contributed by atoms with van der Waals surface area (Å²) in [6.45, 7) is 16.3. The van der Waals surface area contributed by atoms with Gasteiger partial charge in [0, 0.05) is 18.7 Å². The minimum atomic E-state index is 0.0124. The first kappa shape index (κ1) is 19.2. The van der Waals surface area contributed by atoms with Crippen LogP contribution < -0.4 is 0 Å². The number of carbonyl (C=O) groups is 1. The predicted molar refractivity (Wildman–Crippen MR) is 107 cm³/mol. The average Bonchev–Trinajstić information content (AvgIpc) is 2.57. The lowest BCUT2D eigenvalue weighted by Gasteiger charge is -2.25. The Hall–Kier alpha value is -2.09. The molecule has 0 fully saturated rings. The third-order valence-electron chi connectivity index (χ3n) is 5.06. The maximum atomic E-state index is 13.2. The number of rotatable bonds is 4. The van der Waals surface area contributed by atoms with Crippen LogP contribution in [0.15, 0.2) is 36.4 Å². The lowest BCUT2D eigenvalue weighted by atomic mass is 9.83. The Bertz CT molecular complexity index is 764. The molecule has 0 aliphatic carbocycles.